The van der Waals surface area contributed by atoms with E-state index in [-0.39, 0.29) is 11.6 Å². The Kier molecular flexibility index (Phi) is 5.14. The zero-order valence-corrected chi connectivity index (χ0v) is 16.3. The van der Waals surface area contributed by atoms with E-state index in [0.29, 0.717) is 16.3 Å². The van der Waals surface area contributed by atoms with Gasteiger partial charge in [-0.1, -0.05) is 23.7 Å². The molecule has 4 rings (SSSR count). The molecule has 144 valence electrons. The first-order valence-electron chi connectivity index (χ1n) is 8.99. The van der Waals surface area contributed by atoms with E-state index in [2.05, 4.69) is 10.5 Å². The Morgan fingerprint density at radius 2 is 1.90 bits per heavy atom. The Morgan fingerprint density at radius 3 is 2.66 bits per heavy atom. The summed E-state index contributed by atoms with van der Waals surface area (Å²) in [5.74, 6) is -0.552. The Balaban J connectivity index is 1.74. The van der Waals surface area contributed by atoms with Crippen LogP contribution in [0.4, 0.5) is 10.1 Å². The summed E-state index contributed by atoms with van der Waals surface area (Å²) in [4.78, 5) is 13.1. The van der Waals surface area contributed by atoms with Crippen molar-refractivity contribution in [2.24, 2.45) is 5.10 Å². The smallest absolute Gasteiger partial charge is 0.210 e. The lowest BCUT2D eigenvalue weighted by atomic mass is 10.0. The fourth-order valence-corrected chi connectivity index (χ4v) is 3.46. The zero-order chi connectivity index (χ0) is 20.4. The van der Waals surface area contributed by atoms with Crippen molar-refractivity contribution in [3.05, 3.63) is 106 Å². The van der Waals surface area contributed by atoms with Gasteiger partial charge >= 0.3 is 0 Å². The molecule has 0 unspecified atom stereocenters. The van der Waals surface area contributed by atoms with Crippen molar-refractivity contribution in [1.29, 1.82) is 0 Å². The maximum atomic E-state index is 13.2. The van der Waals surface area contributed by atoms with Crippen LogP contribution in [-0.2, 0) is 0 Å². The number of aromatic nitrogens is 1. The summed E-state index contributed by atoms with van der Waals surface area (Å²) in [6.45, 7) is 1.88. The SMILES string of the molecule is Cc1c(/C=N\Nc2cccc(Cl)c2)c2ccccn2c1C(=O)c1ccc(F)cc1. The number of pyridine rings is 1. The van der Waals surface area contributed by atoms with Crippen molar-refractivity contribution in [2.75, 3.05) is 5.43 Å². The first kappa shape index (κ1) is 18.9. The molecule has 0 saturated heterocycles. The van der Waals surface area contributed by atoms with Gasteiger partial charge in [-0.2, -0.15) is 5.10 Å². The molecule has 2 heterocycles. The number of hydrazone groups is 1. The highest BCUT2D eigenvalue weighted by Crippen LogP contribution is 2.24. The Morgan fingerprint density at radius 1 is 1.10 bits per heavy atom. The van der Waals surface area contributed by atoms with Gasteiger partial charge in [-0.25, -0.2) is 4.39 Å². The molecular formula is C23H17ClFN3O. The van der Waals surface area contributed by atoms with Gasteiger partial charge in [-0.15, -0.1) is 0 Å². The van der Waals surface area contributed by atoms with E-state index < -0.39 is 0 Å². The number of rotatable bonds is 5. The summed E-state index contributed by atoms with van der Waals surface area (Å²) in [6, 6.07) is 18.5. The van der Waals surface area contributed by atoms with Crippen LogP contribution in [-0.4, -0.2) is 16.4 Å². The largest absolute Gasteiger partial charge is 0.313 e. The fourth-order valence-electron chi connectivity index (χ4n) is 3.27. The number of benzene rings is 2. The van der Waals surface area contributed by atoms with Crippen LogP contribution in [0.15, 0.2) is 78.0 Å². The van der Waals surface area contributed by atoms with Crippen LogP contribution >= 0.6 is 11.6 Å². The highest BCUT2D eigenvalue weighted by molar-refractivity contribution is 6.30. The average molecular weight is 406 g/mol. The van der Waals surface area contributed by atoms with E-state index in [1.165, 1.54) is 24.3 Å². The minimum absolute atomic E-state index is 0.175. The van der Waals surface area contributed by atoms with Crippen molar-refractivity contribution >= 4 is 34.8 Å². The summed E-state index contributed by atoms with van der Waals surface area (Å²) >= 11 is 5.99. The third kappa shape index (κ3) is 3.77. The molecule has 2 aromatic heterocycles. The molecule has 0 fully saturated rings. The highest BCUT2D eigenvalue weighted by Gasteiger charge is 2.20. The predicted octanol–water partition coefficient (Wildman–Crippen LogP) is 5.72. The first-order valence-corrected chi connectivity index (χ1v) is 9.37. The molecule has 4 nitrogen and oxygen atoms in total. The van der Waals surface area contributed by atoms with E-state index in [9.17, 15) is 9.18 Å². The normalized spacial score (nSPS) is 11.3. The number of halogens is 2. The first-order chi connectivity index (χ1) is 14.0. The van der Waals surface area contributed by atoms with Gasteiger partial charge in [0.15, 0.2) is 0 Å². The molecule has 0 aliphatic rings. The lowest BCUT2D eigenvalue weighted by molar-refractivity contribution is 0.103. The second-order valence-electron chi connectivity index (χ2n) is 6.56. The van der Waals surface area contributed by atoms with E-state index in [4.69, 9.17) is 11.6 Å². The molecule has 4 aromatic rings. The molecular weight excluding hydrogens is 389 g/mol. The average Bonchev–Trinajstić information content (AvgIpc) is 3.00. The van der Waals surface area contributed by atoms with Crippen molar-refractivity contribution in [3.8, 4) is 0 Å². The van der Waals surface area contributed by atoms with Crippen LogP contribution in [0.2, 0.25) is 5.02 Å². The van der Waals surface area contributed by atoms with Crippen LogP contribution in [0.3, 0.4) is 0 Å². The summed E-state index contributed by atoms with van der Waals surface area (Å²) in [5.41, 5.74) is 7.14. The zero-order valence-electron chi connectivity index (χ0n) is 15.6. The van der Waals surface area contributed by atoms with Gasteiger partial charge in [0.1, 0.15) is 5.82 Å². The maximum absolute atomic E-state index is 13.2. The number of nitrogens with one attached hydrogen (secondary N) is 1. The molecule has 29 heavy (non-hydrogen) atoms. The minimum Gasteiger partial charge on any atom is -0.313 e. The number of ketones is 1. The molecule has 0 bridgehead atoms. The Labute approximate surface area is 172 Å². The fraction of sp³-hybridized carbons (Fsp3) is 0.0435. The summed E-state index contributed by atoms with van der Waals surface area (Å²) in [5, 5.41) is 4.93. The molecule has 6 heteroatoms. The molecule has 0 spiro atoms. The van der Waals surface area contributed by atoms with Crippen molar-refractivity contribution < 1.29 is 9.18 Å². The third-order valence-electron chi connectivity index (χ3n) is 4.67. The number of hydrogen-bond donors (Lipinski definition) is 1. The van der Waals surface area contributed by atoms with Crippen molar-refractivity contribution in [1.82, 2.24) is 4.40 Å². The van der Waals surface area contributed by atoms with E-state index in [1.54, 1.807) is 18.3 Å². The van der Waals surface area contributed by atoms with Gasteiger partial charge in [0.05, 0.1) is 23.1 Å². The molecule has 0 radical (unpaired) electrons. The number of fused-ring (bicyclic) bond motifs is 1. The van der Waals surface area contributed by atoms with Crippen LogP contribution in [0.1, 0.15) is 27.2 Å². The number of nitrogens with zero attached hydrogens (tertiary/aromatic N) is 2. The third-order valence-corrected chi connectivity index (χ3v) is 4.90. The summed E-state index contributed by atoms with van der Waals surface area (Å²) in [7, 11) is 0. The van der Waals surface area contributed by atoms with Gasteiger partial charge in [0.25, 0.3) is 0 Å². The van der Waals surface area contributed by atoms with E-state index in [0.717, 1.165) is 22.3 Å². The minimum atomic E-state index is -0.377. The number of carbonyl (C=O) groups is 1. The van der Waals surface area contributed by atoms with Gasteiger partial charge in [-0.3, -0.25) is 10.2 Å². The van der Waals surface area contributed by atoms with Crippen LogP contribution in [0.5, 0.6) is 0 Å². The molecule has 0 aliphatic heterocycles. The van der Waals surface area contributed by atoms with Crippen molar-refractivity contribution in [2.45, 2.75) is 6.92 Å². The van der Waals surface area contributed by atoms with Gasteiger partial charge < -0.3 is 4.40 Å². The second kappa shape index (κ2) is 7.89. The van der Waals surface area contributed by atoms with Gasteiger partial charge in [-0.05, 0) is 67.1 Å². The number of carbonyl (C=O) groups excluding carboxylic acids is 1. The van der Waals surface area contributed by atoms with Crippen molar-refractivity contribution in [3.63, 3.8) is 0 Å². The lowest BCUT2D eigenvalue weighted by Crippen LogP contribution is -2.07. The molecule has 0 atom stereocenters. The predicted molar refractivity (Wildman–Crippen MR) is 115 cm³/mol. The molecule has 0 amide bonds. The quantitative estimate of drug-likeness (QED) is 0.262. The lowest BCUT2D eigenvalue weighted by Gasteiger charge is -2.04. The Hall–Kier alpha value is -3.44. The maximum Gasteiger partial charge on any atom is 0.210 e. The van der Waals surface area contributed by atoms with Crippen LogP contribution in [0.25, 0.3) is 5.52 Å². The standard InChI is InChI=1S/C23H17ClFN3O/c1-15-20(14-26-27-19-6-4-5-17(24)13-19)21-7-2-3-12-28(21)22(15)23(29)16-8-10-18(25)11-9-16/h2-14,27H,1H3/b26-14-. The van der Waals surface area contributed by atoms with Crippen LogP contribution < -0.4 is 5.43 Å². The van der Waals surface area contributed by atoms with Gasteiger partial charge in [0, 0.05) is 22.3 Å². The van der Waals surface area contributed by atoms with E-state index >= 15 is 0 Å². The number of hydrogen-bond acceptors (Lipinski definition) is 3. The topological polar surface area (TPSA) is 45.9 Å². The van der Waals surface area contributed by atoms with Crippen LogP contribution in [0, 0.1) is 12.7 Å². The number of anilines is 1. The summed E-state index contributed by atoms with van der Waals surface area (Å²) in [6.07, 6.45) is 3.52. The molecule has 1 N–H and O–H groups in total. The molecule has 0 saturated carbocycles. The second-order valence-corrected chi connectivity index (χ2v) is 7.00. The van der Waals surface area contributed by atoms with E-state index in [1.807, 2.05) is 47.9 Å². The highest BCUT2D eigenvalue weighted by atomic mass is 35.5. The molecule has 0 aliphatic carbocycles. The van der Waals surface area contributed by atoms with Gasteiger partial charge in [0.2, 0.25) is 5.78 Å². The monoisotopic (exact) mass is 405 g/mol. The Bertz CT molecular complexity index is 1230. The molecule has 2 aromatic carbocycles. The summed E-state index contributed by atoms with van der Waals surface area (Å²) < 4.78 is 15.1.